The van der Waals surface area contributed by atoms with E-state index in [9.17, 15) is 4.79 Å². The summed E-state index contributed by atoms with van der Waals surface area (Å²) in [6, 6.07) is 4.29. The molecule has 21 heavy (non-hydrogen) atoms. The first kappa shape index (κ1) is 16.7. The molecule has 0 bridgehead atoms. The zero-order valence-corrected chi connectivity index (χ0v) is 14.1. The number of rotatable bonds is 3. The van der Waals surface area contributed by atoms with Gasteiger partial charge in [0.25, 0.3) is 0 Å². The van der Waals surface area contributed by atoms with E-state index in [4.69, 9.17) is 0 Å². The molecule has 2 atom stereocenters. The van der Waals surface area contributed by atoms with Crippen LogP contribution in [0.25, 0.3) is 0 Å². The van der Waals surface area contributed by atoms with Crippen LogP contribution in [0, 0.1) is 11.8 Å². The van der Waals surface area contributed by atoms with Gasteiger partial charge in [-0.15, -0.1) is 23.7 Å². The van der Waals surface area contributed by atoms with Crippen LogP contribution in [0.1, 0.15) is 11.8 Å². The summed E-state index contributed by atoms with van der Waals surface area (Å²) in [6.45, 7) is 8.80. The van der Waals surface area contributed by atoms with E-state index in [0.717, 1.165) is 45.8 Å². The fourth-order valence-electron chi connectivity index (χ4n) is 3.12. The van der Waals surface area contributed by atoms with Crippen LogP contribution in [0.15, 0.2) is 17.5 Å². The Morgan fingerprint density at radius 2 is 2.10 bits per heavy atom. The highest BCUT2D eigenvalue weighted by molar-refractivity contribution is 7.09. The molecule has 2 fully saturated rings. The van der Waals surface area contributed by atoms with Crippen molar-refractivity contribution in [2.45, 2.75) is 13.5 Å². The van der Waals surface area contributed by atoms with E-state index in [-0.39, 0.29) is 18.3 Å². The minimum absolute atomic E-state index is 0. The molecular weight excluding hydrogens is 306 g/mol. The van der Waals surface area contributed by atoms with Crippen molar-refractivity contribution in [3.63, 3.8) is 0 Å². The summed E-state index contributed by atoms with van der Waals surface area (Å²) in [5.41, 5.74) is 0. The molecule has 0 unspecified atom stereocenters. The minimum Gasteiger partial charge on any atom is -0.340 e. The van der Waals surface area contributed by atoms with Gasteiger partial charge in [0.2, 0.25) is 5.91 Å². The van der Waals surface area contributed by atoms with E-state index in [2.05, 4.69) is 39.6 Å². The van der Waals surface area contributed by atoms with Crippen molar-refractivity contribution in [2.75, 3.05) is 39.3 Å². The molecule has 2 aliphatic rings. The van der Waals surface area contributed by atoms with Gasteiger partial charge in [0, 0.05) is 44.1 Å². The van der Waals surface area contributed by atoms with Crippen molar-refractivity contribution in [3.05, 3.63) is 22.4 Å². The Kier molecular flexibility index (Phi) is 6.05. The van der Waals surface area contributed by atoms with Gasteiger partial charge in [-0.2, -0.15) is 0 Å². The lowest BCUT2D eigenvalue weighted by Gasteiger charge is -2.36. The van der Waals surface area contributed by atoms with Crippen molar-refractivity contribution >= 4 is 29.7 Å². The first-order chi connectivity index (χ1) is 9.74. The van der Waals surface area contributed by atoms with Crippen LogP contribution in [0.3, 0.4) is 0 Å². The summed E-state index contributed by atoms with van der Waals surface area (Å²) in [4.78, 5) is 18.4. The largest absolute Gasteiger partial charge is 0.340 e. The highest BCUT2D eigenvalue weighted by Gasteiger charge is 2.33. The lowest BCUT2D eigenvalue weighted by Crippen LogP contribution is -2.50. The molecule has 0 aliphatic carbocycles. The number of thiophene rings is 1. The number of halogens is 1. The van der Waals surface area contributed by atoms with Crippen LogP contribution >= 0.6 is 23.7 Å². The number of nitrogens with one attached hydrogen (secondary N) is 1. The first-order valence-corrected chi connectivity index (χ1v) is 8.36. The number of amides is 1. The Bertz CT molecular complexity index is 446. The van der Waals surface area contributed by atoms with Gasteiger partial charge in [-0.1, -0.05) is 13.0 Å². The van der Waals surface area contributed by atoms with E-state index < -0.39 is 0 Å². The molecule has 1 aromatic heterocycles. The number of hydrogen-bond acceptors (Lipinski definition) is 4. The molecule has 1 amide bonds. The van der Waals surface area contributed by atoms with E-state index in [1.807, 2.05) is 11.3 Å². The predicted octanol–water partition coefficient (Wildman–Crippen LogP) is 1.67. The lowest BCUT2D eigenvalue weighted by molar-refractivity contribution is -0.137. The monoisotopic (exact) mass is 329 g/mol. The second-order valence-corrected chi connectivity index (χ2v) is 6.96. The SMILES string of the molecule is C[C@@H]1CNC[C@H]1C(=O)N1CCN(Cc2cccs2)CC1.Cl. The maximum atomic E-state index is 12.5. The van der Waals surface area contributed by atoms with Gasteiger partial charge in [-0.3, -0.25) is 9.69 Å². The van der Waals surface area contributed by atoms with Gasteiger partial charge in [0.05, 0.1) is 5.92 Å². The van der Waals surface area contributed by atoms with Crippen LogP contribution < -0.4 is 5.32 Å². The number of nitrogens with zero attached hydrogens (tertiary/aromatic N) is 2. The average molecular weight is 330 g/mol. The molecule has 1 aromatic rings. The van der Waals surface area contributed by atoms with E-state index in [1.54, 1.807) is 0 Å². The van der Waals surface area contributed by atoms with E-state index in [1.165, 1.54) is 4.88 Å². The Morgan fingerprint density at radius 3 is 2.67 bits per heavy atom. The Balaban J connectivity index is 0.00000161. The summed E-state index contributed by atoms with van der Waals surface area (Å²) in [5.74, 6) is 1.03. The average Bonchev–Trinajstić information content (AvgIpc) is 3.10. The number of carbonyl (C=O) groups is 1. The number of piperazine rings is 1. The third-order valence-corrected chi connectivity index (χ3v) is 5.34. The van der Waals surface area contributed by atoms with E-state index in [0.29, 0.717) is 11.8 Å². The topological polar surface area (TPSA) is 35.6 Å². The van der Waals surface area contributed by atoms with Crippen molar-refractivity contribution < 1.29 is 4.79 Å². The molecule has 1 N–H and O–H groups in total. The number of carbonyl (C=O) groups excluding carboxylic acids is 1. The molecule has 2 saturated heterocycles. The highest BCUT2D eigenvalue weighted by atomic mass is 35.5. The van der Waals surface area contributed by atoms with Crippen LogP contribution in [-0.2, 0) is 11.3 Å². The smallest absolute Gasteiger partial charge is 0.227 e. The van der Waals surface area contributed by atoms with Crippen LogP contribution in [0.4, 0.5) is 0 Å². The molecule has 4 nitrogen and oxygen atoms in total. The molecule has 6 heteroatoms. The van der Waals surface area contributed by atoms with Crippen molar-refractivity contribution in [2.24, 2.45) is 11.8 Å². The molecule has 3 rings (SSSR count). The predicted molar refractivity (Wildman–Crippen MR) is 88.9 cm³/mol. The third kappa shape index (κ3) is 3.97. The molecule has 0 saturated carbocycles. The number of hydrogen-bond donors (Lipinski definition) is 1. The van der Waals surface area contributed by atoms with Gasteiger partial charge >= 0.3 is 0 Å². The van der Waals surface area contributed by atoms with Gasteiger partial charge in [-0.05, 0) is 23.9 Å². The second kappa shape index (κ2) is 7.58. The quantitative estimate of drug-likeness (QED) is 0.916. The minimum atomic E-state index is 0. The summed E-state index contributed by atoms with van der Waals surface area (Å²) >= 11 is 1.81. The van der Waals surface area contributed by atoms with Gasteiger partial charge in [-0.25, -0.2) is 0 Å². The second-order valence-electron chi connectivity index (χ2n) is 5.92. The van der Waals surface area contributed by atoms with Gasteiger partial charge in [0.15, 0.2) is 0 Å². The molecular formula is C15H24ClN3OS. The standard InChI is InChI=1S/C15H23N3OS.ClH/c1-12-9-16-10-14(12)15(19)18-6-4-17(5-7-18)11-13-3-2-8-20-13;/h2-3,8,12,14,16H,4-7,9-11H2,1H3;1H/t12-,14-;/m1./s1. The molecule has 0 aromatic carbocycles. The van der Waals surface area contributed by atoms with Gasteiger partial charge in [0.1, 0.15) is 0 Å². The van der Waals surface area contributed by atoms with Crippen LogP contribution in [0.5, 0.6) is 0 Å². The van der Waals surface area contributed by atoms with Crippen molar-refractivity contribution in [1.29, 1.82) is 0 Å². The fourth-order valence-corrected chi connectivity index (χ4v) is 3.87. The lowest BCUT2D eigenvalue weighted by atomic mass is 9.96. The Labute approximate surface area is 136 Å². The normalized spacial score (nSPS) is 26.6. The highest BCUT2D eigenvalue weighted by Crippen LogP contribution is 2.20. The summed E-state index contributed by atoms with van der Waals surface area (Å²) in [7, 11) is 0. The van der Waals surface area contributed by atoms with Gasteiger partial charge < -0.3 is 10.2 Å². The molecule has 0 spiro atoms. The van der Waals surface area contributed by atoms with Crippen LogP contribution in [-0.4, -0.2) is 55.0 Å². The third-order valence-electron chi connectivity index (χ3n) is 4.48. The Hall–Kier alpha value is -0.620. The summed E-state index contributed by atoms with van der Waals surface area (Å²) in [6.07, 6.45) is 0. The van der Waals surface area contributed by atoms with Crippen LogP contribution in [0.2, 0.25) is 0 Å². The summed E-state index contributed by atoms with van der Waals surface area (Å²) in [5, 5.41) is 5.45. The Morgan fingerprint density at radius 1 is 1.33 bits per heavy atom. The fraction of sp³-hybridized carbons (Fsp3) is 0.667. The maximum Gasteiger partial charge on any atom is 0.227 e. The zero-order chi connectivity index (χ0) is 13.9. The molecule has 2 aliphatic heterocycles. The molecule has 118 valence electrons. The first-order valence-electron chi connectivity index (χ1n) is 7.48. The molecule has 3 heterocycles. The zero-order valence-electron chi connectivity index (χ0n) is 12.5. The maximum absolute atomic E-state index is 12.5. The summed E-state index contributed by atoms with van der Waals surface area (Å²) < 4.78 is 0. The molecule has 0 radical (unpaired) electrons. The van der Waals surface area contributed by atoms with E-state index >= 15 is 0 Å². The van der Waals surface area contributed by atoms with Crippen molar-refractivity contribution in [1.82, 2.24) is 15.1 Å². The van der Waals surface area contributed by atoms with Crippen molar-refractivity contribution in [3.8, 4) is 0 Å².